The van der Waals surface area contributed by atoms with Crippen LogP contribution in [-0.4, -0.2) is 23.9 Å². The van der Waals surface area contributed by atoms with Gasteiger partial charge in [0.05, 0.1) is 12.1 Å². The molecule has 1 aliphatic carbocycles. The number of allylic oxidation sites excluding steroid dienone is 2. The van der Waals surface area contributed by atoms with E-state index in [2.05, 4.69) is 24.5 Å². The van der Waals surface area contributed by atoms with E-state index in [1.165, 1.54) is 51.4 Å². The van der Waals surface area contributed by atoms with Crippen molar-refractivity contribution in [2.24, 2.45) is 0 Å². The van der Waals surface area contributed by atoms with Crippen LogP contribution in [-0.2, 0) is 9.59 Å². The standard InChI is InChI=1S/C23H40N2O2/c1-3-5-7-9-11-13-15-17-22(26)24-20-19-21(20)25-23(27)18-16-14-12-10-8-6-4-2/h15-18,20-21H,3-14,19H2,1-2H3,(H,24,26)(H,25,27). The molecule has 2 atom stereocenters. The van der Waals surface area contributed by atoms with Gasteiger partial charge in [-0.25, -0.2) is 0 Å². The van der Waals surface area contributed by atoms with E-state index >= 15 is 0 Å². The van der Waals surface area contributed by atoms with Crippen LogP contribution in [0.2, 0.25) is 0 Å². The second-order valence-corrected chi connectivity index (χ2v) is 7.68. The number of hydrogen-bond donors (Lipinski definition) is 2. The number of unbranched alkanes of at least 4 members (excludes halogenated alkanes) is 10. The van der Waals surface area contributed by atoms with Gasteiger partial charge in [0.2, 0.25) is 11.8 Å². The molecule has 0 heterocycles. The van der Waals surface area contributed by atoms with E-state index in [-0.39, 0.29) is 23.9 Å². The molecule has 27 heavy (non-hydrogen) atoms. The number of rotatable bonds is 16. The molecule has 0 aliphatic heterocycles. The molecule has 0 aromatic carbocycles. The molecule has 0 radical (unpaired) electrons. The first-order valence-electron chi connectivity index (χ1n) is 11.1. The highest BCUT2D eigenvalue weighted by atomic mass is 16.2. The highest BCUT2D eigenvalue weighted by Crippen LogP contribution is 2.21. The van der Waals surface area contributed by atoms with Crippen molar-refractivity contribution in [1.82, 2.24) is 10.6 Å². The fraction of sp³-hybridized carbons (Fsp3) is 0.739. The summed E-state index contributed by atoms with van der Waals surface area (Å²) in [6.45, 7) is 4.42. The zero-order chi connectivity index (χ0) is 19.7. The summed E-state index contributed by atoms with van der Waals surface area (Å²) in [6, 6.07) is 0.163. The van der Waals surface area contributed by atoms with Crippen LogP contribution >= 0.6 is 0 Å². The molecular weight excluding hydrogens is 336 g/mol. The van der Waals surface area contributed by atoms with Gasteiger partial charge >= 0.3 is 0 Å². The van der Waals surface area contributed by atoms with Gasteiger partial charge < -0.3 is 10.6 Å². The van der Waals surface area contributed by atoms with Crippen molar-refractivity contribution in [3.05, 3.63) is 24.3 Å². The molecule has 1 rings (SSSR count). The van der Waals surface area contributed by atoms with Crippen LogP contribution in [0.3, 0.4) is 0 Å². The van der Waals surface area contributed by atoms with Crippen molar-refractivity contribution < 1.29 is 9.59 Å². The number of hydrogen-bond acceptors (Lipinski definition) is 2. The average molecular weight is 377 g/mol. The van der Waals surface area contributed by atoms with Crippen LogP contribution in [0.4, 0.5) is 0 Å². The van der Waals surface area contributed by atoms with Crippen LogP contribution in [0.25, 0.3) is 0 Å². The molecule has 4 heteroatoms. The largest absolute Gasteiger partial charge is 0.348 e. The SMILES string of the molecule is CCCCCCCC=CC(=O)NC1CC1NC(=O)C=CCCCCCCC. The number of carbonyl (C=O) groups is 2. The topological polar surface area (TPSA) is 58.2 Å². The third-order valence-electron chi connectivity index (χ3n) is 4.93. The Bertz CT molecular complexity index is 429. The molecular formula is C23H40N2O2. The molecule has 1 aliphatic rings. The van der Waals surface area contributed by atoms with Gasteiger partial charge in [-0.2, -0.15) is 0 Å². The molecule has 1 saturated carbocycles. The molecule has 0 saturated heterocycles. The van der Waals surface area contributed by atoms with E-state index in [4.69, 9.17) is 0 Å². The van der Waals surface area contributed by atoms with Gasteiger partial charge in [-0.15, -0.1) is 0 Å². The third-order valence-corrected chi connectivity index (χ3v) is 4.93. The maximum Gasteiger partial charge on any atom is 0.243 e. The lowest BCUT2D eigenvalue weighted by Crippen LogP contribution is -2.33. The Morgan fingerprint density at radius 3 is 1.52 bits per heavy atom. The van der Waals surface area contributed by atoms with Gasteiger partial charge in [0.1, 0.15) is 0 Å². The van der Waals surface area contributed by atoms with Crippen LogP contribution in [0.15, 0.2) is 24.3 Å². The molecule has 0 aromatic heterocycles. The Labute approximate surface area is 166 Å². The zero-order valence-electron chi connectivity index (χ0n) is 17.5. The summed E-state index contributed by atoms with van der Waals surface area (Å²) in [5.41, 5.74) is 0. The summed E-state index contributed by atoms with van der Waals surface area (Å²) >= 11 is 0. The summed E-state index contributed by atoms with van der Waals surface area (Å²) in [5.74, 6) is -0.0964. The molecule has 1 fully saturated rings. The molecule has 0 spiro atoms. The quantitative estimate of drug-likeness (QED) is 0.287. The van der Waals surface area contributed by atoms with Crippen molar-refractivity contribution >= 4 is 11.8 Å². The minimum atomic E-state index is -0.0482. The Balaban J connectivity index is 2.03. The molecule has 0 aromatic rings. The van der Waals surface area contributed by atoms with E-state index < -0.39 is 0 Å². The number of carbonyl (C=O) groups excluding carboxylic acids is 2. The second-order valence-electron chi connectivity index (χ2n) is 7.68. The van der Waals surface area contributed by atoms with Gasteiger partial charge in [0.15, 0.2) is 0 Å². The maximum atomic E-state index is 11.9. The summed E-state index contributed by atoms with van der Waals surface area (Å²) in [5, 5.41) is 5.90. The van der Waals surface area contributed by atoms with Gasteiger partial charge in [-0.3, -0.25) is 9.59 Å². The van der Waals surface area contributed by atoms with E-state index in [9.17, 15) is 9.59 Å². The van der Waals surface area contributed by atoms with E-state index in [0.29, 0.717) is 0 Å². The monoisotopic (exact) mass is 376 g/mol. The molecule has 2 N–H and O–H groups in total. The van der Waals surface area contributed by atoms with Crippen molar-refractivity contribution in [3.8, 4) is 0 Å². The van der Waals surface area contributed by atoms with Crippen LogP contribution < -0.4 is 10.6 Å². The lowest BCUT2D eigenvalue weighted by molar-refractivity contribution is -0.118. The summed E-state index contributed by atoms with van der Waals surface area (Å²) < 4.78 is 0. The van der Waals surface area contributed by atoms with E-state index in [0.717, 1.165) is 32.1 Å². The maximum absolute atomic E-state index is 11.9. The number of amides is 2. The molecule has 0 bridgehead atoms. The Morgan fingerprint density at radius 1 is 0.704 bits per heavy atom. The first kappa shape index (κ1) is 23.5. The van der Waals surface area contributed by atoms with Crippen molar-refractivity contribution in [2.45, 2.75) is 109 Å². The predicted molar refractivity (Wildman–Crippen MR) is 114 cm³/mol. The van der Waals surface area contributed by atoms with Crippen molar-refractivity contribution in [3.63, 3.8) is 0 Å². The summed E-state index contributed by atoms with van der Waals surface area (Å²) in [7, 11) is 0. The Hall–Kier alpha value is -1.58. The highest BCUT2D eigenvalue weighted by Gasteiger charge is 2.38. The molecule has 2 amide bonds. The van der Waals surface area contributed by atoms with Crippen LogP contribution in [0, 0.1) is 0 Å². The minimum absolute atomic E-state index is 0.0482. The Morgan fingerprint density at radius 2 is 1.11 bits per heavy atom. The summed E-state index contributed by atoms with van der Waals surface area (Å²) in [4.78, 5) is 23.7. The lowest BCUT2D eigenvalue weighted by Gasteiger charge is -2.02. The van der Waals surface area contributed by atoms with Crippen LogP contribution in [0.5, 0.6) is 0 Å². The highest BCUT2D eigenvalue weighted by molar-refractivity contribution is 5.89. The summed E-state index contributed by atoms with van der Waals surface area (Å²) in [6.07, 6.45) is 22.4. The van der Waals surface area contributed by atoms with E-state index in [1.54, 1.807) is 12.2 Å². The fourth-order valence-electron chi connectivity index (χ4n) is 3.09. The van der Waals surface area contributed by atoms with Crippen LogP contribution in [0.1, 0.15) is 97.3 Å². The van der Waals surface area contributed by atoms with Gasteiger partial charge in [-0.05, 0) is 44.3 Å². The molecule has 4 nitrogen and oxygen atoms in total. The first-order valence-corrected chi connectivity index (χ1v) is 11.1. The normalized spacial score (nSPS) is 18.9. The molecule has 2 unspecified atom stereocenters. The lowest BCUT2D eigenvalue weighted by atomic mass is 10.1. The first-order chi connectivity index (χ1) is 13.2. The zero-order valence-corrected chi connectivity index (χ0v) is 17.5. The second kappa shape index (κ2) is 15.5. The third kappa shape index (κ3) is 13.3. The minimum Gasteiger partial charge on any atom is -0.348 e. The van der Waals surface area contributed by atoms with E-state index in [1.807, 2.05) is 12.2 Å². The van der Waals surface area contributed by atoms with Gasteiger partial charge in [0.25, 0.3) is 0 Å². The average Bonchev–Trinajstić information content (AvgIpc) is 3.37. The Kier molecular flexibility index (Phi) is 13.4. The van der Waals surface area contributed by atoms with Gasteiger partial charge in [-0.1, -0.05) is 77.4 Å². The number of nitrogens with one attached hydrogen (secondary N) is 2. The smallest absolute Gasteiger partial charge is 0.243 e. The predicted octanol–water partition coefficient (Wildman–Crippen LogP) is 5.19. The molecule has 154 valence electrons. The van der Waals surface area contributed by atoms with Crippen molar-refractivity contribution in [1.29, 1.82) is 0 Å². The van der Waals surface area contributed by atoms with Gasteiger partial charge in [0, 0.05) is 0 Å². The fourth-order valence-corrected chi connectivity index (χ4v) is 3.09. The van der Waals surface area contributed by atoms with Crippen molar-refractivity contribution in [2.75, 3.05) is 0 Å².